The van der Waals surface area contributed by atoms with E-state index in [0.29, 0.717) is 12.4 Å². The molecule has 0 bridgehead atoms. The number of non-ortho nitro benzene ring substituents is 2. The Morgan fingerprint density at radius 3 is 2.41 bits per heavy atom. The Balaban J connectivity index is 1.91. The van der Waals surface area contributed by atoms with E-state index in [-0.39, 0.29) is 24.8 Å². The highest BCUT2D eigenvalue weighted by molar-refractivity contribution is 5.95. The lowest BCUT2D eigenvalue weighted by Gasteiger charge is -2.24. The first-order chi connectivity index (χ1) is 12.9. The van der Waals surface area contributed by atoms with Crippen molar-refractivity contribution in [1.82, 2.24) is 4.90 Å². The molecule has 1 aromatic carbocycles. The van der Waals surface area contributed by atoms with E-state index in [9.17, 15) is 25.0 Å². The maximum Gasteiger partial charge on any atom is 0.277 e. The van der Waals surface area contributed by atoms with Gasteiger partial charge in [-0.3, -0.25) is 25.0 Å². The molecule has 2 aromatic rings. The average molecular weight is 375 g/mol. The van der Waals surface area contributed by atoms with Crippen LogP contribution in [-0.4, -0.2) is 39.9 Å². The fraction of sp³-hybridized carbons (Fsp3) is 0.353. The van der Waals surface area contributed by atoms with Crippen molar-refractivity contribution in [2.45, 2.75) is 25.5 Å². The molecule has 1 atom stereocenters. The number of carbonyl (C=O) groups excluding carboxylic acids is 1. The molecule has 0 aliphatic carbocycles. The lowest BCUT2D eigenvalue weighted by molar-refractivity contribution is -0.394. The van der Waals surface area contributed by atoms with Gasteiger partial charge in [-0.2, -0.15) is 0 Å². The molecule has 10 heteroatoms. The van der Waals surface area contributed by atoms with E-state index in [2.05, 4.69) is 0 Å². The van der Waals surface area contributed by atoms with Gasteiger partial charge in [-0.05, 0) is 25.0 Å². The number of nitro benzene ring substituents is 2. The van der Waals surface area contributed by atoms with E-state index in [0.717, 1.165) is 31.0 Å². The van der Waals surface area contributed by atoms with E-state index < -0.39 is 27.1 Å². The molecular weight excluding hydrogens is 358 g/mol. The van der Waals surface area contributed by atoms with E-state index >= 15 is 0 Å². The Hall–Kier alpha value is -3.27. The number of ether oxygens (including phenoxy) is 1. The van der Waals surface area contributed by atoms with Crippen LogP contribution in [0, 0.1) is 20.2 Å². The summed E-state index contributed by atoms with van der Waals surface area (Å²) in [4.78, 5) is 35.1. The number of nitrogens with zero attached hydrogens (tertiary/aromatic N) is 3. The summed E-state index contributed by atoms with van der Waals surface area (Å²) < 4.78 is 10.9. The summed E-state index contributed by atoms with van der Waals surface area (Å²) in [6.45, 7) is 0.994. The quantitative estimate of drug-likeness (QED) is 0.537. The molecule has 0 spiro atoms. The molecule has 1 aliphatic heterocycles. The van der Waals surface area contributed by atoms with Crippen LogP contribution >= 0.6 is 0 Å². The standard InChI is InChI=1S/C17H17N3O7/c21-17(12-7-13(19(22)23)9-14(8-12)20(24)25)18(10-15-3-1-5-26-15)11-16-4-2-6-27-16/h1,3,5,7-9,16H,2,4,6,10-11H2. The molecule has 0 saturated carbocycles. The van der Waals surface area contributed by atoms with Crippen molar-refractivity contribution >= 4 is 17.3 Å². The number of hydrogen-bond acceptors (Lipinski definition) is 7. The maximum atomic E-state index is 13.0. The predicted octanol–water partition coefficient (Wildman–Crippen LogP) is 2.92. The second-order valence-corrected chi connectivity index (χ2v) is 6.15. The van der Waals surface area contributed by atoms with Crippen LogP contribution in [0.2, 0.25) is 0 Å². The van der Waals surface area contributed by atoms with Gasteiger partial charge in [0.1, 0.15) is 5.76 Å². The Morgan fingerprint density at radius 1 is 1.19 bits per heavy atom. The molecule has 1 aliphatic rings. The number of furan rings is 1. The third kappa shape index (κ3) is 4.47. The SMILES string of the molecule is O=C(c1cc([N+](=O)[O-])cc([N+](=O)[O-])c1)N(Cc1ccco1)CC1CCCO1. The normalized spacial score (nSPS) is 16.2. The first kappa shape index (κ1) is 18.5. The second kappa shape index (κ2) is 7.96. The molecule has 0 N–H and O–H groups in total. The highest BCUT2D eigenvalue weighted by atomic mass is 16.6. The summed E-state index contributed by atoms with van der Waals surface area (Å²) in [6, 6.07) is 6.29. The number of carbonyl (C=O) groups is 1. The molecule has 27 heavy (non-hydrogen) atoms. The van der Waals surface area contributed by atoms with E-state index in [1.807, 2.05) is 0 Å². The Bertz CT molecular complexity index is 812. The number of rotatable bonds is 7. The molecule has 142 valence electrons. The largest absolute Gasteiger partial charge is 0.467 e. The van der Waals surface area contributed by atoms with Crippen LogP contribution in [0.4, 0.5) is 11.4 Å². The van der Waals surface area contributed by atoms with Gasteiger partial charge < -0.3 is 14.1 Å². The van der Waals surface area contributed by atoms with Gasteiger partial charge in [-0.25, -0.2) is 0 Å². The fourth-order valence-electron chi connectivity index (χ4n) is 2.96. The van der Waals surface area contributed by atoms with Gasteiger partial charge in [-0.1, -0.05) is 0 Å². The minimum atomic E-state index is -0.763. The van der Waals surface area contributed by atoms with Crippen molar-refractivity contribution in [1.29, 1.82) is 0 Å². The molecule has 3 rings (SSSR count). The van der Waals surface area contributed by atoms with Crippen molar-refractivity contribution in [2.75, 3.05) is 13.2 Å². The van der Waals surface area contributed by atoms with Gasteiger partial charge in [0, 0.05) is 25.3 Å². The zero-order valence-electron chi connectivity index (χ0n) is 14.3. The van der Waals surface area contributed by atoms with E-state index in [1.165, 1.54) is 11.2 Å². The lowest BCUT2D eigenvalue weighted by Crippen LogP contribution is -2.36. The van der Waals surface area contributed by atoms with Gasteiger partial charge in [0.25, 0.3) is 17.3 Å². The topological polar surface area (TPSA) is 129 Å². The van der Waals surface area contributed by atoms with Crippen LogP contribution in [0.25, 0.3) is 0 Å². The van der Waals surface area contributed by atoms with Crippen LogP contribution in [0.3, 0.4) is 0 Å². The number of amides is 1. The fourth-order valence-corrected chi connectivity index (χ4v) is 2.96. The molecule has 10 nitrogen and oxygen atoms in total. The molecule has 0 radical (unpaired) electrons. The molecule has 1 amide bonds. The van der Waals surface area contributed by atoms with Crippen LogP contribution in [0.15, 0.2) is 41.0 Å². The number of benzene rings is 1. The summed E-state index contributed by atoms with van der Waals surface area (Å²) in [5, 5.41) is 22.2. The Kier molecular flexibility index (Phi) is 5.46. The van der Waals surface area contributed by atoms with Crippen LogP contribution in [0.1, 0.15) is 29.0 Å². The molecule has 1 unspecified atom stereocenters. The van der Waals surface area contributed by atoms with Gasteiger partial charge in [-0.15, -0.1) is 0 Å². The van der Waals surface area contributed by atoms with Crippen LogP contribution < -0.4 is 0 Å². The number of nitro groups is 2. The summed E-state index contributed by atoms with van der Waals surface area (Å²) in [7, 11) is 0. The molecule has 1 aromatic heterocycles. The van der Waals surface area contributed by atoms with Crippen molar-refractivity contribution in [3.05, 3.63) is 68.1 Å². The van der Waals surface area contributed by atoms with E-state index in [1.54, 1.807) is 12.1 Å². The Morgan fingerprint density at radius 2 is 1.89 bits per heavy atom. The van der Waals surface area contributed by atoms with Crippen molar-refractivity contribution in [3.8, 4) is 0 Å². The minimum Gasteiger partial charge on any atom is -0.467 e. The van der Waals surface area contributed by atoms with Gasteiger partial charge in [0.2, 0.25) is 0 Å². The van der Waals surface area contributed by atoms with Gasteiger partial charge in [0.05, 0.1) is 40.4 Å². The van der Waals surface area contributed by atoms with Gasteiger partial charge >= 0.3 is 0 Å². The first-order valence-electron chi connectivity index (χ1n) is 8.31. The minimum absolute atomic E-state index is 0.125. The second-order valence-electron chi connectivity index (χ2n) is 6.15. The van der Waals surface area contributed by atoms with Crippen LogP contribution in [0.5, 0.6) is 0 Å². The third-order valence-corrected chi connectivity index (χ3v) is 4.23. The monoisotopic (exact) mass is 375 g/mol. The van der Waals surface area contributed by atoms with Gasteiger partial charge in [0.15, 0.2) is 0 Å². The summed E-state index contributed by atoms with van der Waals surface area (Å²) in [6.07, 6.45) is 2.99. The zero-order chi connectivity index (χ0) is 19.4. The van der Waals surface area contributed by atoms with Crippen molar-refractivity contribution < 1.29 is 23.8 Å². The molecular formula is C17H17N3O7. The first-order valence-corrected chi connectivity index (χ1v) is 8.31. The average Bonchev–Trinajstić information content (AvgIpc) is 3.34. The summed E-state index contributed by atoms with van der Waals surface area (Å²) in [5.74, 6) is -0.0324. The Labute approximate surface area is 153 Å². The summed E-state index contributed by atoms with van der Waals surface area (Å²) in [5.41, 5.74) is -1.15. The molecule has 1 fully saturated rings. The number of hydrogen-bond donors (Lipinski definition) is 0. The third-order valence-electron chi connectivity index (χ3n) is 4.23. The van der Waals surface area contributed by atoms with Crippen molar-refractivity contribution in [2.24, 2.45) is 0 Å². The van der Waals surface area contributed by atoms with Crippen LogP contribution in [-0.2, 0) is 11.3 Å². The zero-order valence-corrected chi connectivity index (χ0v) is 14.3. The highest BCUT2D eigenvalue weighted by Gasteiger charge is 2.27. The van der Waals surface area contributed by atoms with Crippen molar-refractivity contribution in [3.63, 3.8) is 0 Å². The summed E-state index contributed by atoms with van der Waals surface area (Å²) >= 11 is 0. The predicted molar refractivity (Wildman–Crippen MR) is 92.2 cm³/mol. The highest BCUT2D eigenvalue weighted by Crippen LogP contribution is 2.25. The maximum absolute atomic E-state index is 13.0. The molecule has 2 heterocycles. The lowest BCUT2D eigenvalue weighted by atomic mass is 10.1. The molecule has 1 saturated heterocycles. The smallest absolute Gasteiger partial charge is 0.277 e. The van der Waals surface area contributed by atoms with E-state index in [4.69, 9.17) is 9.15 Å².